The normalized spacial score (nSPS) is 11.7. The SMILES string of the molecule is CCC(CC)c1cc(CNC(=NC)NCCCc2nnc3ccccn23)on1.I. The van der Waals surface area contributed by atoms with E-state index < -0.39 is 0 Å². The van der Waals surface area contributed by atoms with E-state index in [0.717, 1.165) is 61.1 Å². The second-order valence-electron chi connectivity index (χ2n) is 6.73. The zero-order chi connectivity index (χ0) is 19.8. The van der Waals surface area contributed by atoms with Gasteiger partial charge in [0, 0.05) is 38.2 Å². The van der Waals surface area contributed by atoms with Gasteiger partial charge in [0.2, 0.25) is 0 Å². The number of aryl methyl sites for hydroxylation is 1. The Labute approximate surface area is 188 Å². The summed E-state index contributed by atoms with van der Waals surface area (Å²) in [6.07, 6.45) is 5.90. The summed E-state index contributed by atoms with van der Waals surface area (Å²) in [5.74, 6) is 2.99. The van der Waals surface area contributed by atoms with Gasteiger partial charge in [0.15, 0.2) is 17.4 Å². The van der Waals surface area contributed by atoms with Crippen LogP contribution in [0.5, 0.6) is 0 Å². The van der Waals surface area contributed by atoms with Crippen molar-refractivity contribution in [3.63, 3.8) is 0 Å². The van der Waals surface area contributed by atoms with Gasteiger partial charge in [-0.3, -0.25) is 9.39 Å². The molecule has 0 aliphatic heterocycles. The van der Waals surface area contributed by atoms with Gasteiger partial charge in [-0.25, -0.2) is 0 Å². The van der Waals surface area contributed by atoms with Crippen molar-refractivity contribution < 1.29 is 4.52 Å². The van der Waals surface area contributed by atoms with Crippen LogP contribution in [0.4, 0.5) is 0 Å². The van der Waals surface area contributed by atoms with Crippen LogP contribution in [0.3, 0.4) is 0 Å². The van der Waals surface area contributed by atoms with Gasteiger partial charge in [-0.1, -0.05) is 25.1 Å². The molecule has 0 radical (unpaired) electrons. The molecule has 3 heterocycles. The van der Waals surface area contributed by atoms with Crippen molar-refractivity contribution in [2.75, 3.05) is 13.6 Å². The predicted octanol–water partition coefficient (Wildman–Crippen LogP) is 3.54. The van der Waals surface area contributed by atoms with Gasteiger partial charge in [0.1, 0.15) is 5.82 Å². The fourth-order valence-electron chi connectivity index (χ4n) is 3.22. The number of nitrogens with zero attached hydrogens (tertiary/aromatic N) is 5. The van der Waals surface area contributed by atoms with Crippen LogP contribution in [0, 0.1) is 0 Å². The number of hydrogen-bond donors (Lipinski definition) is 2. The van der Waals surface area contributed by atoms with Gasteiger partial charge in [-0.2, -0.15) is 0 Å². The molecule has 0 atom stereocenters. The average molecular weight is 511 g/mol. The summed E-state index contributed by atoms with van der Waals surface area (Å²) in [7, 11) is 1.76. The lowest BCUT2D eigenvalue weighted by molar-refractivity contribution is 0.368. The molecule has 2 N–H and O–H groups in total. The lowest BCUT2D eigenvalue weighted by atomic mass is 9.99. The van der Waals surface area contributed by atoms with Crippen LogP contribution in [0.2, 0.25) is 0 Å². The monoisotopic (exact) mass is 511 g/mol. The maximum atomic E-state index is 5.45. The van der Waals surface area contributed by atoms with Crippen LogP contribution < -0.4 is 10.6 Å². The lowest BCUT2D eigenvalue weighted by Gasteiger charge is -2.10. The zero-order valence-electron chi connectivity index (χ0n) is 17.3. The van der Waals surface area contributed by atoms with Gasteiger partial charge in [-0.05, 0) is 31.4 Å². The molecule has 3 aromatic rings. The van der Waals surface area contributed by atoms with Crippen molar-refractivity contribution in [3.05, 3.63) is 47.7 Å². The smallest absolute Gasteiger partial charge is 0.191 e. The van der Waals surface area contributed by atoms with Crippen LogP contribution in [0.25, 0.3) is 5.65 Å². The summed E-state index contributed by atoms with van der Waals surface area (Å²) >= 11 is 0. The van der Waals surface area contributed by atoms with Gasteiger partial charge >= 0.3 is 0 Å². The van der Waals surface area contributed by atoms with E-state index in [0.29, 0.717) is 12.5 Å². The molecule has 0 aromatic carbocycles. The molecule has 0 saturated carbocycles. The molecular weight excluding hydrogens is 481 g/mol. The molecule has 29 heavy (non-hydrogen) atoms. The van der Waals surface area contributed by atoms with Gasteiger partial charge in [0.25, 0.3) is 0 Å². The largest absolute Gasteiger partial charge is 0.359 e. The predicted molar refractivity (Wildman–Crippen MR) is 125 cm³/mol. The Morgan fingerprint density at radius 2 is 2.03 bits per heavy atom. The van der Waals surface area contributed by atoms with Crippen molar-refractivity contribution in [1.29, 1.82) is 0 Å². The van der Waals surface area contributed by atoms with Crippen LogP contribution in [0.1, 0.15) is 56.3 Å². The molecule has 8 nitrogen and oxygen atoms in total. The van der Waals surface area contributed by atoms with Crippen LogP contribution in [-0.2, 0) is 13.0 Å². The fraction of sp³-hybridized carbons (Fsp3) is 0.500. The first-order valence-corrected chi connectivity index (χ1v) is 9.93. The topological polar surface area (TPSA) is 92.6 Å². The maximum Gasteiger partial charge on any atom is 0.191 e. The van der Waals surface area contributed by atoms with Crippen molar-refractivity contribution in [3.8, 4) is 0 Å². The molecule has 0 saturated heterocycles. The van der Waals surface area contributed by atoms with Crippen molar-refractivity contribution in [2.45, 2.75) is 52.0 Å². The first-order valence-electron chi connectivity index (χ1n) is 9.93. The Morgan fingerprint density at radius 3 is 2.79 bits per heavy atom. The summed E-state index contributed by atoms with van der Waals surface area (Å²) in [4.78, 5) is 4.26. The number of aliphatic imine (C=N–C) groups is 1. The molecule has 3 rings (SSSR count). The third-order valence-corrected chi connectivity index (χ3v) is 4.89. The number of pyridine rings is 1. The maximum absolute atomic E-state index is 5.45. The van der Waals surface area contributed by atoms with E-state index in [-0.39, 0.29) is 24.0 Å². The molecule has 0 aliphatic rings. The van der Waals surface area contributed by atoms with Crippen molar-refractivity contribution in [1.82, 2.24) is 30.4 Å². The molecule has 0 aliphatic carbocycles. The van der Waals surface area contributed by atoms with Gasteiger partial charge < -0.3 is 15.2 Å². The average Bonchev–Trinajstić information content (AvgIpc) is 3.36. The quantitative estimate of drug-likeness (QED) is 0.198. The molecule has 3 aromatic heterocycles. The second-order valence-corrected chi connectivity index (χ2v) is 6.73. The number of halogens is 1. The number of nitrogens with one attached hydrogen (secondary N) is 2. The minimum Gasteiger partial charge on any atom is -0.359 e. The Bertz CT molecular complexity index is 901. The highest BCUT2D eigenvalue weighted by Gasteiger charge is 2.13. The van der Waals surface area contributed by atoms with Crippen molar-refractivity contribution in [2.24, 2.45) is 4.99 Å². The van der Waals surface area contributed by atoms with Gasteiger partial charge in [0.05, 0.1) is 12.2 Å². The molecule has 0 spiro atoms. The van der Waals surface area contributed by atoms with E-state index in [1.807, 2.05) is 34.9 Å². The molecule has 9 heteroatoms. The first kappa shape index (κ1) is 23.1. The van der Waals surface area contributed by atoms with E-state index in [1.165, 1.54) is 0 Å². The summed E-state index contributed by atoms with van der Waals surface area (Å²) < 4.78 is 7.47. The Morgan fingerprint density at radius 1 is 1.21 bits per heavy atom. The molecule has 0 unspecified atom stereocenters. The highest BCUT2D eigenvalue weighted by molar-refractivity contribution is 14.0. The third-order valence-electron chi connectivity index (χ3n) is 4.89. The molecule has 0 amide bonds. The first-order chi connectivity index (χ1) is 13.7. The summed E-state index contributed by atoms with van der Waals surface area (Å²) in [6, 6.07) is 7.95. The Kier molecular flexibility index (Phi) is 9.36. The van der Waals surface area contributed by atoms with Gasteiger partial charge in [-0.15, -0.1) is 34.2 Å². The van der Waals surface area contributed by atoms with E-state index in [1.54, 1.807) is 7.05 Å². The van der Waals surface area contributed by atoms with Crippen molar-refractivity contribution >= 4 is 35.6 Å². The standard InChI is InChI=1S/C20H29N7O.HI/c1-4-15(5-2)17-13-16(28-26-17)14-23-20(21-3)22-11-8-10-19-25-24-18-9-6-7-12-27(18)19;/h6-7,9,12-13,15H,4-5,8,10-11,14H2,1-3H3,(H2,21,22,23);1H. The molecular formula is C20H30IN7O. The van der Waals surface area contributed by atoms with Crippen LogP contribution in [-0.4, -0.2) is 39.3 Å². The number of fused-ring (bicyclic) bond motifs is 1. The molecule has 0 bridgehead atoms. The second kappa shape index (κ2) is 11.7. The van der Waals surface area contributed by atoms with E-state index >= 15 is 0 Å². The number of guanidine groups is 1. The van der Waals surface area contributed by atoms with E-state index in [2.05, 4.69) is 44.8 Å². The zero-order valence-corrected chi connectivity index (χ0v) is 19.6. The fourth-order valence-corrected chi connectivity index (χ4v) is 3.22. The Balaban J connectivity index is 0.00000300. The number of hydrogen-bond acceptors (Lipinski definition) is 5. The minimum absolute atomic E-state index is 0. The molecule has 0 fully saturated rings. The van der Waals surface area contributed by atoms with E-state index in [9.17, 15) is 0 Å². The lowest BCUT2D eigenvalue weighted by Crippen LogP contribution is -2.37. The number of aromatic nitrogens is 4. The van der Waals surface area contributed by atoms with Crippen LogP contribution >= 0.6 is 24.0 Å². The Hall–Kier alpha value is -2.17. The summed E-state index contributed by atoms with van der Waals surface area (Å²) in [6.45, 7) is 5.70. The third kappa shape index (κ3) is 6.15. The molecule has 158 valence electrons. The minimum atomic E-state index is 0. The summed E-state index contributed by atoms with van der Waals surface area (Å²) in [5, 5.41) is 19.2. The highest BCUT2D eigenvalue weighted by Crippen LogP contribution is 2.22. The number of rotatable bonds is 9. The van der Waals surface area contributed by atoms with Crippen LogP contribution in [0.15, 0.2) is 40.0 Å². The van der Waals surface area contributed by atoms with E-state index in [4.69, 9.17) is 4.52 Å². The summed E-state index contributed by atoms with van der Waals surface area (Å²) in [5.41, 5.74) is 1.91. The highest BCUT2D eigenvalue weighted by atomic mass is 127.